The van der Waals surface area contributed by atoms with Crippen molar-refractivity contribution in [2.45, 2.75) is 13.3 Å². The molecule has 1 aromatic heterocycles. The van der Waals surface area contributed by atoms with Crippen molar-refractivity contribution in [2.24, 2.45) is 7.05 Å². The van der Waals surface area contributed by atoms with Gasteiger partial charge in [-0.05, 0) is 29.7 Å². The minimum Gasteiger partial charge on any atom is -0.508 e. The minimum absolute atomic E-state index is 0.0109. The third-order valence-corrected chi connectivity index (χ3v) is 3.35. The lowest BCUT2D eigenvalue weighted by molar-refractivity contribution is 0.111. The number of benzene rings is 1. The van der Waals surface area contributed by atoms with E-state index in [4.69, 9.17) is 4.18 Å². The molecule has 2 rings (SSSR count). The molecule has 0 spiro atoms. The number of hydrogen-bond donors (Lipinski definition) is 2. The fraction of sp³-hybridized carbons (Fsp3) is 0.214. The van der Waals surface area contributed by atoms with E-state index in [-0.39, 0.29) is 22.8 Å². The van der Waals surface area contributed by atoms with Crippen LogP contribution in [0.1, 0.15) is 23.0 Å². The zero-order valence-electron chi connectivity index (χ0n) is 11.5. The number of aryl methyl sites for hydroxylation is 2. The second kappa shape index (κ2) is 6.01. The summed E-state index contributed by atoms with van der Waals surface area (Å²) in [6.45, 7) is 1.89. The smallest absolute Gasteiger partial charge is 0.278 e. The van der Waals surface area contributed by atoms with Gasteiger partial charge in [0.15, 0.2) is 17.7 Å². The van der Waals surface area contributed by atoms with Crippen molar-refractivity contribution in [1.82, 2.24) is 9.78 Å². The Labute approximate surface area is 126 Å². The summed E-state index contributed by atoms with van der Waals surface area (Å²) in [5.74, 6) is 0.113. The van der Waals surface area contributed by atoms with Crippen molar-refractivity contribution < 1.29 is 14.1 Å². The molecule has 0 unspecified atom stereocenters. The van der Waals surface area contributed by atoms with Crippen molar-refractivity contribution in [2.75, 3.05) is 0 Å². The molecule has 110 valence electrons. The summed E-state index contributed by atoms with van der Waals surface area (Å²) in [5.41, 5.74) is 1.09. The predicted molar refractivity (Wildman–Crippen MR) is 81.0 cm³/mol. The van der Waals surface area contributed by atoms with Gasteiger partial charge in [0.2, 0.25) is 0 Å². The highest BCUT2D eigenvalue weighted by Crippen LogP contribution is 2.33. The molecule has 1 N–H and O–H groups in total. The molecule has 0 radical (unpaired) electrons. The van der Waals surface area contributed by atoms with Crippen LogP contribution >= 0.6 is 12.9 Å². The highest BCUT2D eigenvalue weighted by molar-refractivity contribution is 7.75. The first kappa shape index (κ1) is 15.1. The van der Waals surface area contributed by atoms with Crippen molar-refractivity contribution >= 4 is 19.2 Å². The number of aromatic nitrogens is 2. The van der Waals surface area contributed by atoms with Crippen LogP contribution in [0.3, 0.4) is 0 Å². The normalized spacial score (nSPS) is 10.4. The molecule has 0 atom stereocenters. The molecule has 0 aliphatic carbocycles. The van der Waals surface area contributed by atoms with Gasteiger partial charge < -0.3 is 9.29 Å². The zero-order valence-corrected chi connectivity index (χ0v) is 12.4. The van der Waals surface area contributed by atoms with E-state index in [0.717, 1.165) is 10.2 Å². The Hall–Kier alpha value is -2.28. The summed E-state index contributed by atoms with van der Waals surface area (Å²) < 4.78 is 5.98. The zero-order chi connectivity index (χ0) is 15.6. The third-order valence-electron chi connectivity index (χ3n) is 3.17. The largest absolute Gasteiger partial charge is 0.508 e. The topological polar surface area (TPSA) is 81.4 Å². The summed E-state index contributed by atoms with van der Waals surface area (Å²) >= 11 is 3.72. The maximum Gasteiger partial charge on any atom is 0.278 e. The number of thiol groups is 1. The van der Waals surface area contributed by atoms with E-state index in [1.165, 1.54) is 13.1 Å². The van der Waals surface area contributed by atoms with Crippen molar-refractivity contribution in [1.29, 1.82) is 0 Å². The quantitative estimate of drug-likeness (QED) is 0.511. The van der Waals surface area contributed by atoms with Gasteiger partial charge in [0.05, 0.1) is 5.56 Å². The van der Waals surface area contributed by atoms with Gasteiger partial charge in [-0.3, -0.25) is 9.59 Å². The van der Waals surface area contributed by atoms with Crippen LogP contribution in [0.25, 0.3) is 11.1 Å². The molecule has 0 amide bonds. The fourth-order valence-corrected chi connectivity index (χ4v) is 2.35. The molecule has 0 saturated heterocycles. The van der Waals surface area contributed by atoms with Crippen LogP contribution in [-0.4, -0.2) is 21.2 Å². The number of carbonyl (C=O) groups excluding carboxylic acids is 1. The van der Waals surface area contributed by atoms with E-state index in [1.807, 2.05) is 6.92 Å². The summed E-state index contributed by atoms with van der Waals surface area (Å²) in [7, 11) is 1.45. The number of nitrogens with zero attached hydrogens (tertiary/aromatic N) is 2. The first-order valence-electron chi connectivity index (χ1n) is 6.23. The van der Waals surface area contributed by atoms with Gasteiger partial charge in [0.1, 0.15) is 5.75 Å². The number of phenolic OH excluding ortho intramolecular Hbond substituents is 1. The van der Waals surface area contributed by atoms with E-state index >= 15 is 0 Å². The lowest BCUT2D eigenvalue weighted by atomic mass is 9.98. The average Bonchev–Trinajstić information content (AvgIpc) is 2.49. The lowest BCUT2D eigenvalue weighted by Crippen LogP contribution is -2.24. The van der Waals surface area contributed by atoms with Gasteiger partial charge in [-0.15, -0.1) is 0 Å². The second-order valence-electron chi connectivity index (χ2n) is 4.42. The van der Waals surface area contributed by atoms with Crippen molar-refractivity contribution in [3.8, 4) is 22.6 Å². The Morgan fingerprint density at radius 2 is 2.19 bits per heavy atom. The molecule has 1 heterocycles. The summed E-state index contributed by atoms with van der Waals surface area (Å²) in [6, 6.07) is 4.64. The van der Waals surface area contributed by atoms with Gasteiger partial charge in [-0.25, -0.2) is 4.68 Å². The van der Waals surface area contributed by atoms with Crippen molar-refractivity contribution in [3.05, 3.63) is 39.8 Å². The van der Waals surface area contributed by atoms with Gasteiger partial charge in [-0.1, -0.05) is 13.0 Å². The number of aldehydes is 1. The first-order chi connectivity index (χ1) is 10.0. The molecule has 7 heteroatoms. The Morgan fingerprint density at radius 3 is 2.76 bits per heavy atom. The highest BCUT2D eigenvalue weighted by Gasteiger charge is 2.21. The van der Waals surface area contributed by atoms with Crippen LogP contribution in [0, 0.1) is 0 Å². The summed E-state index contributed by atoms with van der Waals surface area (Å²) in [6.07, 6.45) is 1.10. The van der Waals surface area contributed by atoms with Crippen LogP contribution in [0.4, 0.5) is 0 Å². The van der Waals surface area contributed by atoms with Gasteiger partial charge in [0, 0.05) is 20.0 Å². The average molecular weight is 306 g/mol. The van der Waals surface area contributed by atoms with E-state index in [0.29, 0.717) is 18.3 Å². The number of phenols is 1. The number of aromatic hydroxyl groups is 1. The molecule has 1 aromatic carbocycles. The maximum atomic E-state index is 12.4. The molecule has 2 aromatic rings. The monoisotopic (exact) mass is 306 g/mol. The van der Waals surface area contributed by atoms with E-state index < -0.39 is 5.56 Å². The number of rotatable bonds is 4. The van der Waals surface area contributed by atoms with E-state index in [2.05, 4.69) is 18.0 Å². The summed E-state index contributed by atoms with van der Waals surface area (Å²) in [4.78, 5) is 23.5. The third kappa shape index (κ3) is 2.64. The number of hydrogen-bond acceptors (Lipinski definition) is 6. The molecule has 0 bridgehead atoms. The maximum absolute atomic E-state index is 12.4. The van der Waals surface area contributed by atoms with Crippen LogP contribution < -0.4 is 9.74 Å². The van der Waals surface area contributed by atoms with Gasteiger partial charge >= 0.3 is 0 Å². The molecular weight excluding hydrogens is 292 g/mol. The van der Waals surface area contributed by atoms with Crippen LogP contribution in [-0.2, 0) is 13.5 Å². The predicted octanol–water partition coefficient (Wildman–Crippen LogP) is 1.75. The van der Waals surface area contributed by atoms with Crippen LogP contribution in [0.2, 0.25) is 0 Å². The number of carbonyl (C=O) groups is 1. The molecule has 0 aliphatic rings. The first-order valence-corrected chi connectivity index (χ1v) is 6.60. The summed E-state index contributed by atoms with van der Waals surface area (Å²) in [5, 5.41) is 13.4. The molecular formula is C14H14N2O4S. The molecule has 0 aliphatic heterocycles. The van der Waals surface area contributed by atoms with Crippen LogP contribution in [0.15, 0.2) is 23.0 Å². The van der Waals surface area contributed by atoms with Crippen LogP contribution in [0.5, 0.6) is 11.5 Å². The molecule has 6 nitrogen and oxygen atoms in total. The second-order valence-corrected chi connectivity index (χ2v) is 4.60. The Kier molecular flexibility index (Phi) is 4.32. The minimum atomic E-state index is -0.412. The van der Waals surface area contributed by atoms with E-state index in [9.17, 15) is 14.7 Å². The Morgan fingerprint density at radius 1 is 1.48 bits per heavy atom. The molecule has 0 saturated carbocycles. The standard InChI is InChI=1S/C14H14N2O4S/c1-3-8-6-9(18)4-5-10(8)12-13(20-21)11(7-17)15-16(2)14(12)19/h4-7,18,21H,3H2,1-2H3. The van der Waals surface area contributed by atoms with Crippen molar-refractivity contribution in [3.63, 3.8) is 0 Å². The van der Waals surface area contributed by atoms with Gasteiger partial charge in [-0.2, -0.15) is 5.10 Å². The SMILES string of the molecule is CCc1cc(O)ccc1-c1c(OS)c(C=O)nn(C)c1=O. The molecule has 0 fully saturated rings. The fourth-order valence-electron chi connectivity index (χ4n) is 2.16. The van der Waals surface area contributed by atoms with Gasteiger partial charge in [0.25, 0.3) is 5.56 Å². The Balaban J connectivity index is 2.89. The highest BCUT2D eigenvalue weighted by atomic mass is 32.1. The molecule has 21 heavy (non-hydrogen) atoms. The van der Waals surface area contributed by atoms with E-state index in [1.54, 1.807) is 12.1 Å². The Bertz CT molecular complexity index is 755. The lowest BCUT2D eigenvalue weighted by Gasteiger charge is -2.13.